The number of nitrogens with one attached hydrogen (secondary N) is 2. The molecule has 0 spiro atoms. The smallest absolute Gasteiger partial charge is 0.326 e. The number of aromatic nitrogens is 2. The second-order valence-electron chi connectivity index (χ2n) is 8.19. The first kappa shape index (κ1) is 26.4. The summed E-state index contributed by atoms with van der Waals surface area (Å²) in [6.45, 7) is 0. The lowest BCUT2D eigenvalue weighted by atomic mass is 9.81. The van der Waals surface area contributed by atoms with Crippen molar-refractivity contribution in [3.8, 4) is 0 Å². The third kappa shape index (κ3) is 7.15. The third-order valence-electron chi connectivity index (χ3n) is 5.83. The van der Waals surface area contributed by atoms with Crippen LogP contribution in [0.1, 0.15) is 41.7 Å². The van der Waals surface area contributed by atoms with Crippen LogP contribution in [0.2, 0.25) is 5.02 Å². The van der Waals surface area contributed by atoms with Gasteiger partial charge in [-0.15, -0.1) is 0 Å². The van der Waals surface area contributed by atoms with E-state index in [0.717, 1.165) is 0 Å². The number of halogens is 1. The van der Waals surface area contributed by atoms with E-state index in [1.807, 2.05) is 0 Å². The van der Waals surface area contributed by atoms with Gasteiger partial charge in [0.05, 0.1) is 17.1 Å². The van der Waals surface area contributed by atoms with Gasteiger partial charge in [0.15, 0.2) is 10.9 Å². The maximum atomic E-state index is 12.6. The van der Waals surface area contributed by atoms with Crippen LogP contribution < -0.4 is 10.6 Å². The summed E-state index contributed by atoms with van der Waals surface area (Å²) in [5, 5.41) is 24.5. The summed E-state index contributed by atoms with van der Waals surface area (Å²) in [5.41, 5.74) is 1.15. The van der Waals surface area contributed by atoms with Crippen LogP contribution in [-0.2, 0) is 20.8 Å². The second-order valence-corrected chi connectivity index (χ2v) is 9.38. The molecule has 1 fully saturated rings. The number of carboxylic acid groups (broad SMARTS) is 2. The van der Waals surface area contributed by atoms with Crippen LogP contribution in [0.5, 0.6) is 0 Å². The number of anilines is 1. The van der Waals surface area contributed by atoms with Gasteiger partial charge >= 0.3 is 11.9 Å². The van der Waals surface area contributed by atoms with Crippen LogP contribution in [0.3, 0.4) is 0 Å². The number of benzene rings is 1. The molecule has 0 unspecified atom stereocenters. The summed E-state index contributed by atoms with van der Waals surface area (Å²) >= 11 is 7.31. The molecule has 1 aliphatic carbocycles. The highest BCUT2D eigenvalue weighted by atomic mass is 35.5. The molecular formula is C23H25ClN4O6S. The molecule has 1 saturated carbocycles. The fourth-order valence-electron chi connectivity index (χ4n) is 3.85. The van der Waals surface area contributed by atoms with Crippen LogP contribution >= 0.6 is 23.4 Å². The summed E-state index contributed by atoms with van der Waals surface area (Å²) in [6, 6.07) is 5.41. The van der Waals surface area contributed by atoms with Gasteiger partial charge in [0, 0.05) is 18.0 Å². The summed E-state index contributed by atoms with van der Waals surface area (Å²) in [4.78, 5) is 56.0. The predicted molar refractivity (Wildman–Crippen MR) is 130 cm³/mol. The number of amides is 2. The number of thioether (sulfide) groups is 1. The number of nitrogens with zero attached hydrogens (tertiary/aromatic N) is 2. The van der Waals surface area contributed by atoms with Gasteiger partial charge in [-0.25, -0.2) is 14.8 Å². The van der Waals surface area contributed by atoms with E-state index in [-0.39, 0.29) is 23.0 Å². The summed E-state index contributed by atoms with van der Waals surface area (Å²) in [5.74, 6) is -3.77. The van der Waals surface area contributed by atoms with Crippen molar-refractivity contribution in [1.82, 2.24) is 15.3 Å². The summed E-state index contributed by atoms with van der Waals surface area (Å²) in [7, 11) is 0. The van der Waals surface area contributed by atoms with E-state index in [2.05, 4.69) is 20.6 Å². The first-order valence-electron chi connectivity index (χ1n) is 10.9. The zero-order valence-electron chi connectivity index (χ0n) is 18.9. The minimum Gasteiger partial charge on any atom is -0.481 e. The van der Waals surface area contributed by atoms with E-state index in [0.29, 0.717) is 42.1 Å². The highest BCUT2D eigenvalue weighted by Gasteiger charge is 2.31. The van der Waals surface area contributed by atoms with Crippen molar-refractivity contribution in [2.45, 2.75) is 43.3 Å². The molecule has 2 amide bonds. The first-order chi connectivity index (χ1) is 16.7. The molecule has 0 saturated heterocycles. The van der Waals surface area contributed by atoms with Gasteiger partial charge in [-0.05, 0) is 49.6 Å². The highest BCUT2D eigenvalue weighted by molar-refractivity contribution is 7.98. The normalized spacial score (nSPS) is 18.3. The van der Waals surface area contributed by atoms with Crippen molar-refractivity contribution in [2.75, 3.05) is 11.6 Å². The molecule has 0 aliphatic heterocycles. The Hall–Kier alpha value is -3.18. The van der Waals surface area contributed by atoms with Crippen LogP contribution in [0, 0.1) is 11.8 Å². The molecule has 0 bridgehead atoms. The van der Waals surface area contributed by atoms with Crippen molar-refractivity contribution in [1.29, 1.82) is 0 Å². The molecule has 1 atom stereocenters. The number of hydrogen-bond donors (Lipinski definition) is 4. The average Bonchev–Trinajstić information content (AvgIpc) is 2.84. The monoisotopic (exact) mass is 520 g/mol. The van der Waals surface area contributed by atoms with Crippen LogP contribution in [-0.4, -0.2) is 56.2 Å². The van der Waals surface area contributed by atoms with E-state index >= 15 is 0 Å². The minimum atomic E-state index is -1.17. The zero-order chi connectivity index (χ0) is 25.5. The second kappa shape index (κ2) is 12.0. The Labute approximate surface area is 210 Å². The van der Waals surface area contributed by atoms with Gasteiger partial charge < -0.3 is 20.8 Å². The largest absolute Gasteiger partial charge is 0.481 e. The number of rotatable bonds is 9. The first-order valence-corrected chi connectivity index (χ1v) is 12.5. The molecule has 1 aromatic heterocycles. The van der Waals surface area contributed by atoms with Crippen molar-refractivity contribution in [3.63, 3.8) is 0 Å². The number of carboxylic acids is 2. The Morgan fingerprint density at radius 3 is 2.29 bits per heavy atom. The Kier molecular flexibility index (Phi) is 9.05. The zero-order valence-corrected chi connectivity index (χ0v) is 20.4. The Morgan fingerprint density at radius 1 is 1.09 bits per heavy atom. The number of hydrogen-bond acceptors (Lipinski definition) is 7. The van der Waals surface area contributed by atoms with E-state index in [9.17, 15) is 24.3 Å². The van der Waals surface area contributed by atoms with E-state index < -0.39 is 35.7 Å². The molecule has 186 valence electrons. The lowest BCUT2D eigenvalue weighted by molar-refractivity contribution is -0.144. The molecule has 4 N–H and O–H groups in total. The molecule has 35 heavy (non-hydrogen) atoms. The SMILES string of the molecule is CSc1ncc(Cl)c(C(=O)Nc2ccc(C[C@H](NC(=O)[C@H]3CC[C@H](C(=O)O)CC3)C(=O)O)cc2)n1. The lowest BCUT2D eigenvalue weighted by Crippen LogP contribution is -2.45. The topological polar surface area (TPSA) is 159 Å². The molecule has 2 aromatic rings. The standard InChI is InChI=1S/C23H25ClN4O6S/c1-35-23-25-11-16(24)18(28-23)20(30)26-15-8-2-12(3-9-15)10-17(22(33)34)27-19(29)13-4-6-14(7-5-13)21(31)32/h2-3,8-9,11,13-14,17H,4-7,10H2,1H3,(H,26,30)(H,27,29)(H,31,32)(H,33,34)/t13-,14-,17-/m0/s1. The maximum absolute atomic E-state index is 12.6. The molecule has 3 rings (SSSR count). The van der Waals surface area contributed by atoms with Gasteiger partial charge in [-0.2, -0.15) is 0 Å². The maximum Gasteiger partial charge on any atom is 0.326 e. The van der Waals surface area contributed by atoms with Crippen LogP contribution in [0.15, 0.2) is 35.6 Å². The number of carbonyl (C=O) groups excluding carboxylic acids is 2. The molecule has 1 heterocycles. The molecule has 0 radical (unpaired) electrons. The Balaban J connectivity index is 1.59. The van der Waals surface area contributed by atoms with E-state index in [1.165, 1.54) is 18.0 Å². The van der Waals surface area contributed by atoms with Crippen LogP contribution in [0.25, 0.3) is 0 Å². The molecule has 1 aliphatic rings. The van der Waals surface area contributed by atoms with Crippen molar-refractivity contribution >= 4 is 52.8 Å². The highest BCUT2D eigenvalue weighted by Crippen LogP contribution is 2.29. The van der Waals surface area contributed by atoms with Crippen molar-refractivity contribution < 1.29 is 29.4 Å². The predicted octanol–water partition coefficient (Wildman–Crippen LogP) is 3.11. The molecular weight excluding hydrogens is 496 g/mol. The van der Waals surface area contributed by atoms with Gasteiger partial charge in [0.25, 0.3) is 5.91 Å². The molecule has 10 nitrogen and oxygen atoms in total. The van der Waals surface area contributed by atoms with E-state index in [1.54, 1.807) is 30.5 Å². The summed E-state index contributed by atoms with van der Waals surface area (Å²) in [6.07, 6.45) is 4.82. The lowest BCUT2D eigenvalue weighted by Gasteiger charge is -2.26. The number of aliphatic carboxylic acids is 2. The van der Waals surface area contributed by atoms with Crippen molar-refractivity contribution in [2.24, 2.45) is 11.8 Å². The van der Waals surface area contributed by atoms with Gasteiger partial charge in [-0.1, -0.05) is 35.5 Å². The van der Waals surface area contributed by atoms with Gasteiger partial charge in [-0.3, -0.25) is 14.4 Å². The quantitative estimate of drug-likeness (QED) is 0.288. The average molecular weight is 521 g/mol. The van der Waals surface area contributed by atoms with Gasteiger partial charge in [0.2, 0.25) is 5.91 Å². The molecule has 12 heteroatoms. The fraction of sp³-hybridized carbons (Fsp3) is 0.391. The van der Waals surface area contributed by atoms with E-state index in [4.69, 9.17) is 16.7 Å². The minimum absolute atomic E-state index is 0.0427. The van der Waals surface area contributed by atoms with Crippen molar-refractivity contribution in [3.05, 3.63) is 46.7 Å². The summed E-state index contributed by atoms with van der Waals surface area (Å²) < 4.78 is 0. The Morgan fingerprint density at radius 2 is 1.71 bits per heavy atom. The fourth-order valence-corrected chi connectivity index (χ4v) is 4.37. The van der Waals surface area contributed by atoms with Crippen LogP contribution in [0.4, 0.5) is 5.69 Å². The Bertz CT molecular complexity index is 1110. The number of carbonyl (C=O) groups is 4. The molecule has 1 aromatic carbocycles. The third-order valence-corrected chi connectivity index (χ3v) is 6.67. The van der Waals surface area contributed by atoms with Gasteiger partial charge in [0.1, 0.15) is 6.04 Å².